The molecule has 2 amide bonds. The third kappa shape index (κ3) is 3.59. The quantitative estimate of drug-likeness (QED) is 0.866. The summed E-state index contributed by atoms with van der Waals surface area (Å²) in [5.74, 6) is -0.312. The van der Waals surface area contributed by atoms with Crippen LogP contribution < -0.4 is 10.1 Å². The minimum Gasteiger partial charge on any atom is -0.464 e. The summed E-state index contributed by atoms with van der Waals surface area (Å²) in [5.41, 5.74) is 1.77. The summed E-state index contributed by atoms with van der Waals surface area (Å²) in [6.45, 7) is 6.53. The van der Waals surface area contributed by atoms with Crippen molar-refractivity contribution in [1.82, 2.24) is 14.9 Å². The van der Waals surface area contributed by atoms with Crippen molar-refractivity contribution in [3.8, 4) is 6.01 Å². The number of aromatic nitrogens is 2. The summed E-state index contributed by atoms with van der Waals surface area (Å²) in [7, 11) is 0. The van der Waals surface area contributed by atoms with Crippen molar-refractivity contribution in [1.29, 1.82) is 0 Å². The summed E-state index contributed by atoms with van der Waals surface area (Å²) >= 11 is 0. The van der Waals surface area contributed by atoms with Crippen LogP contribution in [0.1, 0.15) is 18.3 Å². The Hall–Kier alpha value is -2.38. The van der Waals surface area contributed by atoms with Gasteiger partial charge in [0.25, 0.3) is 0 Å². The molecular formula is C13H18N4O4. The number of hydrogen-bond donors (Lipinski definition) is 1. The molecule has 0 bridgehead atoms. The summed E-state index contributed by atoms with van der Waals surface area (Å²) in [5, 5.41) is 2.73. The number of cyclic esters (lactones) is 1. The summed E-state index contributed by atoms with van der Waals surface area (Å²) in [4.78, 5) is 33.0. The van der Waals surface area contributed by atoms with E-state index in [1.54, 1.807) is 13.8 Å². The molecule has 0 aliphatic carbocycles. The lowest BCUT2D eigenvalue weighted by Crippen LogP contribution is -2.34. The van der Waals surface area contributed by atoms with E-state index in [0.717, 1.165) is 0 Å². The van der Waals surface area contributed by atoms with Crippen LogP contribution in [0.2, 0.25) is 0 Å². The molecule has 1 aromatic heterocycles. The van der Waals surface area contributed by atoms with Crippen LogP contribution in [0.5, 0.6) is 6.01 Å². The van der Waals surface area contributed by atoms with Gasteiger partial charge in [0.05, 0.1) is 30.2 Å². The van der Waals surface area contributed by atoms with Gasteiger partial charge in [-0.1, -0.05) is 0 Å². The van der Waals surface area contributed by atoms with E-state index in [0.29, 0.717) is 36.8 Å². The first-order chi connectivity index (χ1) is 10.0. The highest BCUT2D eigenvalue weighted by Gasteiger charge is 2.24. The van der Waals surface area contributed by atoms with Crippen molar-refractivity contribution in [3.63, 3.8) is 0 Å². The molecule has 1 aliphatic rings. The number of carbonyl (C=O) groups excluding carboxylic acids is 2. The molecule has 114 valence electrons. The first-order valence-electron chi connectivity index (χ1n) is 6.70. The Labute approximate surface area is 122 Å². The minimum absolute atomic E-state index is 0.0507. The van der Waals surface area contributed by atoms with Crippen LogP contribution >= 0.6 is 0 Å². The molecule has 0 aromatic carbocycles. The zero-order valence-electron chi connectivity index (χ0n) is 12.3. The van der Waals surface area contributed by atoms with Crippen LogP contribution in [0.4, 0.5) is 10.5 Å². The lowest BCUT2D eigenvalue weighted by atomic mass is 10.3. The number of aryl methyl sites for hydroxylation is 2. The molecule has 1 fully saturated rings. The predicted molar refractivity (Wildman–Crippen MR) is 74.2 cm³/mol. The summed E-state index contributed by atoms with van der Waals surface area (Å²) < 4.78 is 10.0. The maximum atomic E-state index is 12.0. The molecule has 0 saturated carbocycles. The van der Waals surface area contributed by atoms with E-state index < -0.39 is 6.09 Å². The standard InChI is InChI=1S/C13H18N4O4/c1-4-20-12-14-8(2)11(9(3)15-12)16-10(18)7-17-5-6-21-13(17)19/h4-7H2,1-3H3,(H,16,18). The molecular weight excluding hydrogens is 276 g/mol. The number of nitrogens with zero attached hydrogens (tertiary/aromatic N) is 3. The molecule has 0 spiro atoms. The Balaban J connectivity index is 2.05. The van der Waals surface area contributed by atoms with E-state index in [9.17, 15) is 9.59 Å². The van der Waals surface area contributed by atoms with Crippen LogP contribution in [0.3, 0.4) is 0 Å². The van der Waals surface area contributed by atoms with E-state index >= 15 is 0 Å². The zero-order chi connectivity index (χ0) is 15.4. The van der Waals surface area contributed by atoms with Crippen LogP contribution in [-0.4, -0.2) is 53.2 Å². The first-order valence-corrected chi connectivity index (χ1v) is 6.70. The minimum atomic E-state index is -0.471. The molecule has 1 saturated heterocycles. The van der Waals surface area contributed by atoms with Gasteiger partial charge in [-0.25, -0.2) is 4.79 Å². The molecule has 2 heterocycles. The molecule has 1 N–H and O–H groups in total. The Bertz CT molecular complexity index is 538. The fourth-order valence-corrected chi connectivity index (χ4v) is 1.98. The summed E-state index contributed by atoms with van der Waals surface area (Å²) in [6, 6.07) is 0.286. The van der Waals surface area contributed by atoms with Crippen molar-refractivity contribution in [2.24, 2.45) is 0 Å². The van der Waals surface area contributed by atoms with Gasteiger partial charge in [0.2, 0.25) is 5.91 Å². The van der Waals surface area contributed by atoms with Gasteiger partial charge in [0, 0.05) is 0 Å². The number of carbonyl (C=O) groups is 2. The topological polar surface area (TPSA) is 93.6 Å². The van der Waals surface area contributed by atoms with E-state index in [-0.39, 0.29) is 18.5 Å². The molecule has 0 atom stereocenters. The van der Waals surface area contributed by atoms with Crippen molar-refractivity contribution >= 4 is 17.7 Å². The van der Waals surface area contributed by atoms with Gasteiger partial charge in [0.15, 0.2) is 0 Å². The van der Waals surface area contributed by atoms with Crippen LogP contribution in [0.15, 0.2) is 0 Å². The Kier molecular flexibility index (Phi) is 4.56. The fraction of sp³-hybridized carbons (Fsp3) is 0.538. The molecule has 2 rings (SSSR count). The van der Waals surface area contributed by atoms with Gasteiger partial charge in [-0.05, 0) is 20.8 Å². The highest BCUT2D eigenvalue weighted by molar-refractivity contribution is 5.94. The third-order valence-electron chi connectivity index (χ3n) is 2.97. The Morgan fingerprint density at radius 2 is 2.05 bits per heavy atom. The van der Waals surface area contributed by atoms with Crippen LogP contribution in [0.25, 0.3) is 0 Å². The van der Waals surface area contributed by atoms with Gasteiger partial charge in [-0.2, -0.15) is 9.97 Å². The van der Waals surface area contributed by atoms with Gasteiger partial charge in [0.1, 0.15) is 13.2 Å². The van der Waals surface area contributed by atoms with Crippen molar-refractivity contribution in [3.05, 3.63) is 11.4 Å². The molecule has 8 nitrogen and oxygen atoms in total. The van der Waals surface area contributed by atoms with E-state index in [1.165, 1.54) is 4.90 Å². The lowest BCUT2D eigenvalue weighted by molar-refractivity contribution is -0.116. The molecule has 1 aliphatic heterocycles. The van der Waals surface area contributed by atoms with Crippen molar-refractivity contribution < 1.29 is 19.1 Å². The number of ether oxygens (including phenoxy) is 2. The number of amides is 2. The average molecular weight is 294 g/mol. The summed E-state index contributed by atoms with van der Waals surface area (Å²) in [6.07, 6.45) is -0.471. The first kappa shape index (κ1) is 15.0. The highest BCUT2D eigenvalue weighted by Crippen LogP contribution is 2.19. The zero-order valence-corrected chi connectivity index (χ0v) is 12.3. The van der Waals surface area contributed by atoms with E-state index in [1.807, 2.05) is 6.92 Å². The van der Waals surface area contributed by atoms with E-state index in [2.05, 4.69) is 15.3 Å². The van der Waals surface area contributed by atoms with Gasteiger partial charge in [-0.3, -0.25) is 9.69 Å². The normalized spacial score (nSPS) is 14.0. The molecule has 0 radical (unpaired) electrons. The number of hydrogen-bond acceptors (Lipinski definition) is 6. The Morgan fingerprint density at radius 1 is 1.38 bits per heavy atom. The second-order valence-corrected chi connectivity index (χ2v) is 4.57. The average Bonchev–Trinajstić information content (AvgIpc) is 2.80. The number of anilines is 1. The van der Waals surface area contributed by atoms with E-state index in [4.69, 9.17) is 9.47 Å². The third-order valence-corrected chi connectivity index (χ3v) is 2.97. The number of nitrogens with one attached hydrogen (secondary N) is 1. The molecule has 1 aromatic rings. The Morgan fingerprint density at radius 3 is 2.57 bits per heavy atom. The lowest BCUT2D eigenvalue weighted by Gasteiger charge is -2.15. The van der Waals surface area contributed by atoms with Crippen LogP contribution in [-0.2, 0) is 9.53 Å². The molecule has 21 heavy (non-hydrogen) atoms. The van der Waals surface area contributed by atoms with Gasteiger partial charge < -0.3 is 14.8 Å². The van der Waals surface area contributed by atoms with Crippen molar-refractivity contribution in [2.75, 3.05) is 31.6 Å². The fourth-order valence-electron chi connectivity index (χ4n) is 1.98. The van der Waals surface area contributed by atoms with Crippen LogP contribution in [0, 0.1) is 13.8 Å². The molecule has 8 heteroatoms. The molecule has 0 unspecified atom stereocenters. The smallest absolute Gasteiger partial charge is 0.410 e. The van der Waals surface area contributed by atoms with Gasteiger partial charge >= 0.3 is 12.1 Å². The largest absolute Gasteiger partial charge is 0.464 e. The second kappa shape index (κ2) is 6.38. The van der Waals surface area contributed by atoms with Crippen molar-refractivity contribution in [2.45, 2.75) is 20.8 Å². The van der Waals surface area contributed by atoms with Gasteiger partial charge in [-0.15, -0.1) is 0 Å². The SMILES string of the molecule is CCOc1nc(C)c(NC(=O)CN2CCOC2=O)c(C)n1. The second-order valence-electron chi connectivity index (χ2n) is 4.57. The monoisotopic (exact) mass is 294 g/mol. The highest BCUT2D eigenvalue weighted by atomic mass is 16.6. The predicted octanol–water partition coefficient (Wildman–Crippen LogP) is 0.883. The maximum Gasteiger partial charge on any atom is 0.410 e. The number of rotatable bonds is 5. The maximum absolute atomic E-state index is 12.0.